The lowest BCUT2D eigenvalue weighted by Gasteiger charge is -2.23. The largest absolute Gasteiger partial charge is 0.468 e. The third-order valence-corrected chi connectivity index (χ3v) is 8.08. The van der Waals surface area contributed by atoms with E-state index >= 15 is 0 Å². The molecule has 2 aromatic rings. The van der Waals surface area contributed by atoms with Gasteiger partial charge in [0.25, 0.3) is 12.4 Å². The quantitative estimate of drug-likeness (QED) is 0.143. The lowest BCUT2D eigenvalue weighted by Crippen LogP contribution is -2.40. The van der Waals surface area contributed by atoms with Crippen molar-refractivity contribution in [3.63, 3.8) is 0 Å². The van der Waals surface area contributed by atoms with E-state index in [-0.39, 0.29) is 35.1 Å². The van der Waals surface area contributed by atoms with Gasteiger partial charge >= 0.3 is 0 Å². The Balaban J connectivity index is 0.000000876. The van der Waals surface area contributed by atoms with E-state index in [4.69, 9.17) is 5.73 Å². The van der Waals surface area contributed by atoms with Gasteiger partial charge in [-0.1, -0.05) is 31.9 Å². The first-order valence-corrected chi connectivity index (χ1v) is 15.1. The third kappa shape index (κ3) is 10.9. The van der Waals surface area contributed by atoms with Gasteiger partial charge in [-0.25, -0.2) is 18.2 Å². The summed E-state index contributed by atoms with van der Waals surface area (Å²) in [5.74, 6) is -1.21. The average Bonchev–Trinajstić information content (AvgIpc) is 3.36. The number of benzene rings is 2. The summed E-state index contributed by atoms with van der Waals surface area (Å²) in [5.41, 5.74) is 8.67. The van der Waals surface area contributed by atoms with E-state index in [1.54, 1.807) is 19.1 Å². The Labute approximate surface area is 259 Å². The minimum Gasteiger partial charge on any atom is -0.468 e. The highest BCUT2D eigenvalue weighted by Crippen LogP contribution is 2.34. The molecule has 2 aliphatic carbocycles. The maximum atomic E-state index is 14.7. The number of hydrogen-bond donors (Lipinski definition) is 2. The van der Waals surface area contributed by atoms with Crippen LogP contribution < -0.4 is 11.1 Å². The van der Waals surface area contributed by atoms with Crippen LogP contribution in [0.25, 0.3) is 0 Å². The normalized spacial score (nSPS) is 22.3. The zero-order valence-electron chi connectivity index (χ0n) is 25.8. The van der Waals surface area contributed by atoms with Crippen molar-refractivity contribution in [2.45, 2.75) is 78.2 Å². The fourth-order valence-corrected chi connectivity index (χ4v) is 5.75. The first-order chi connectivity index (χ1) is 21.1. The standard InChI is InChI=1S/C30H36F3N3O.C3H6O2.C2H2/c1-18-7-10-21(15-18)19(2)35-30(37)28(34)25-6-4-3-5-22(16-20-8-11-23(31)12-9-20)29(25)36-27-14-13-24(32)17-26(27)33;1-2-5-3-4;1-2/h8-9,11-14,17-19,21-22H,3-7,10,15-16,34H2,1-2H3,(H,35,37);3H,2H2,1H3;1-2H/b28-25-,36-29?;;/t18?,19-,21?,22?;;/m1../s1. The van der Waals surface area contributed by atoms with Crippen molar-refractivity contribution in [3.8, 4) is 12.8 Å². The van der Waals surface area contributed by atoms with E-state index in [1.807, 2.05) is 6.92 Å². The van der Waals surface area contributed by atoms with Gasteiger partial charge < -0.3 is 15.8 Å². The zero-order chi connectivity index (χ0) is 32.6. The van der Waals surface area contributed by atoms with Gasteiger partial charge in [0.2, 0.25) is 0 Å². The SMILES string of the molecule is C#C.CC1CCC([C@@H](C)NC(=O)/C(N)=C2\CCCCC(Cc3ccc(F)cc3)C2=Nc2ccc(F)cc2F)C1.CCOC=O. The Bertz CT molecular complexity index is 1310. The summed E-state index contributed by atoms with van der Waals surface area (Å²) in [6.45, 7) is 6.92. The van der Waals surface area contributed by atoms with Crippen LogP contribution in [-0.4, -0.2) is 30.7 Å². The number of carbonyl (C=O) groups is 2. The average molecular weight is 612 g/mol. The molecule has 0 radical (unpaired) electrons. The van der Waals surface area contributed by atoms with Crippen LogP contribution in [0.3, 0.4) is 0 Å². The second kappa shape index (κ2) is 18.6. The van der Waals surface area contributed by atoms with Gasteiger partial charge in [-0.2, -0.15) is 0 Å². The number of aliphatic imine (C=N–C) groups is 1. The summed E-state index contributed by atoms with van der Waals surface area (Å²) in [4.78, 5) is 27.1. The number of rotatable bonds is 8. The molecule has 6 nitrogen and oxygen atoms in total. The molecule has 4 atom stereocenters. The highest BCUT2D eigenvalue weighted by molar-refractivity contribution is 6.09. The van der Waals surface area contributed by atoms with Crippen molar-refractivity contribution in [3.05, 3.63) is 76.7 Å². The van der Waals surface area contributed by atoms with Crippen LogP contribution in [-0.2, 0) is 20.7 Å². The van der Waals surface area contributed by atoms with Crippen molar-refractivity contribution < 1.29 is 27.5 Å². The molecule has 0 heterocycles. The van der Waals surface area contributed by atoms with E-state index in [0.29, 0.717) is 49.0 Å². The molecule has 0 aliphatic heterocycles. The van der Waals surface area contributed by atoms with Crippen LogP contribution in [0.1, 0.15) is 71.3 Å². The summed E-state index contributed by atoms with van der Waals surface area (Å²) < 4.78 is 45.9. The minimum absolute atomic E-state index is 0.00132. The molecular formula is C35H44F3N3O3. The number of nitrogens with two attached hydrogens (primary N) is 1. The zero-order valence-corrected chi connectivity index (χ0v) is 25.8. The molecule has 2 saturated carbocycles. The molecular weight excluding hydrogens is 567 g/mol. The number of ether oxygens (including phenoxy) is 1. The number of hydrogen-bond acceptors (Lipinski definition) is 5. The molecule has 2 aliphatic rings. The lowest BCUT2D eigenvalue weighted by atomic mass is 9.87. The van der Waals surface area contributed by atoms with Gasteiger partial charge in [-0.15, -0.1) is 12.8 Å². The Morgan fingerprint density at radius 1 is 1.09 bits per heavy atom. The molecule has 9 heteroatoms. The van der Waals surface area contributed by atoms with E-state index in [2.05, 4.69) is 34.8 Å². The van der Waals surface area contributed by atoms with Crippen molar-refractivity contribution >= 4 is 23.8 Å². The summed E-state index contributed by atoms with van der Waals surface area (Å²) in [6.07, 6.45) is 14.8. The number of nitrogens with one attached hydrogen (secondary N) is 1. The molecule has 3 unspecified atom stereocenters. The molecule has 2 aromatic carbocycles. The Hall–Kier alpha value is -4.06. The van der Waals surface area contributed by atoms with Crippen LogP contribution in [0.4, 0.5) is 18.9 Å². The number of halogens is 3. The van der Waals surface area contributed by atoms with E-state index in [1.165, 1.54) is 18.2 Å². The third-order valence-electron chi connectivity index (χ3n) is 8.08. The van der Waals surface area contributed by atoms with Crippen molar-refractivity contribution in [1.82, 2.24) is 5.32 Å². The van der Waals surface area contributed by atoms with Crippen molar-refractivity contribution in [2.24, 2.45) is 28.5 Å². The summed E-state index contributed by atoms with van der Waals surface area (Å²) in [7, 11) is 0. The monoisotopic (exact) mass is 611 g/mol. The maximum absolute atomic E-state index is 14.7. The van der Waals surface area contributed by atoms with Gasteiger partial charge in [-0.3, -0.25) is 9.59 Å². The second-order valence-corrected chi connectivity index (χ2v) is 11.3. The molecule has 4 rings (SSSR count). The van der Waals surface area contributed by atoms with Crippen LogP contribution in [0.5, 0.6) is 0 Å². The lowest BCUT2D eigenvalue weighted by molar-refractivity contribution is -0.128. The summed E-state index contributed by atoms with van der Waals surface area (Å²) >= 11 is 0. The number of amides is 1. The molecule has 44 heavy (non-hydrogen) atoms. The topological polar surface area (TPSA) is 93.8 Å². The molecule has 1 amide bonds. The molecule has 2 fully saturated rings. The smallest absolute Gasteiger partial charge is 0.293 e. The minimum atomic E-state index is -0.774. The Kier molecular flexibility index (Phi) is 15.2. The highest BCUT2D eigenvalue weighted by Gasteiger charge is 2.30. The van der Waals surface area contributed by atoms with Crippen LogP contribution in [0.2, 0.25) is 0 Å². The van der Waals surface area contributed by atoms with Crippen molar-refractivity contribution in [1.29, 1.82) is 0 Å². The van der Waals surface area contributed by atoms with Gasteiger partial charge in [0, 0.05) is 23.6 Å². The number of carbonyl (C=O) groups excluding carboxylic acids is 2. The maximum Gasteiger partial charge on any atom is 0.293 e. The van der Waals surface area contributed by atoms with Gasteiger partial charge in [0.05, 0.1) is 18.0 Å². The van der Waals surface area contributed by atoms with Gasteiger partial charge in [0.15, 0.2) is 5.82 Å². The van der Waals surface area contributed by atoms with E-state index in [9.17, 15) is 22.8 Å². The summed E-state index contributed by atoms with van der Waals surface area (Å²) in [5, 5.41) is 3.09. The van der Waals surface area contributed by atoms with Crippen molar-refractivity contribution in [2.75, 3.05) is 6.61 Å². The van der Waals surface area contributed by atoms with E-state index < -0.39 is 11.6 Å². The van der Waals surface area contributed by atoms with Crippen LogP contribution >= 0.6 is 0 Å². The van der Waals surface area contributed by atoms with E-state index in [0.717, 1.165) is 56.2 Å². The predicted octanol–water partition coefficient (Wildman–Crippen LogP) is 7.19. The number of terminal acetylenes is 1. The Morgan fingerprint density at radius 2 is 1.77 bits per heavy atom. The first-order valence-electron chi connectivity index (χ1n) is 15.1. The fourth-order valence-electron chi connectivity index (χ4n) is 5.75. The molecule has 0 spiro atoms. The second-order valence-electron chi connectivity index (χ2n) is 11.3. The molecule has 0 bridgehead atoms. The molecule has 3 N–H and O–H groups in total. The predicted molar refractivity (Wildman–Crippen MR) is 168 cm³/mol. The first kappa shape index (κ1) is 36.1. The Morgan fingerprint density at radius 3 is 2.34 bits per heavy atom. The van der Waals surface area contributed by atoms with Gasteiger partial charge in [-0.05, 0) is 94.0 Å². The fraction of sp³-hybridized carbons (Fsp3) is 0.457. The highest BCUT2D eigenvalue weighted by atomic mass is 19.1. The van der Waals surface area contributed by atoms with Gasteiger partial charge in [0.1, 0.15) is 17.3 Å². The van der Waals surface area contributed by atoms with Crippen LogP contribution in [0.15, 0.2) is 58.7 Å². The summed E-state index contributed by atoms with van der Waals surface area (Å²) in [6, 6.07) is 9.52. The molecule has 0 aromatic heterocycles. The molecule has 0 saturated heterocycles. The van der Waals surface area contributed by atoms with Crippen LogP contribution in [0, 0.1) is 48.1 Å². The molecule has 238 valence electrons. The number of allylic oxidation sites excluding steroid dienone is 1. The number of nitrogens with zero attached hydrogens (tertiary/aromatic N) is 1.